The second-order valence-electron chi connectivity index (χ2n) is 3.82. The molecule has 0 aliphatic rings. The third-order valence-corrected chi connectivity index (χ3v) is 2.45. The zero-order chi connectivity index (χ0) is 11.7. The van der Waals surface area contributed by atoms with Crippen LogP contribution in [0.15, 0.2) is 22.8 Å². The zero-order valence-electron chi connectivity index (χ0n) is 9.23. The lowest BCUT2D eigenvalue weighted by Gasteiger charge is -2.07. The first kappa shape index (κ1) is 10.8. The van der Waals surface area contributed by atoms with Crippen LogP contribution < -0.4 is 5.32 Å². The third-order valence-electron chi connectivity index (χ3n) is 2.45. The highest BCUT2D eigenvalue weighted by Gasteiger charge is 2.14. The monoisotopic (exact) mass is 222 g/mol. The largest absolute Gasteiger partial charge is 0.463 e. The maximum atomic E-state index is 11.8. The van der Waals surface area contributed by atoms with E-state index < -0.39 is 6.10 Å². The number of nitrogens with one attached hydrogen (secondary N) is 1. The first-order valence-corrected chi connectivity index (χ1v) is 5.09. The van der Waals surface area contributed by atoms with E-state index in [1.807, 2.05) is 0 Å². The van der Waals surface area contributed by atoms with E-state index in [0.717, 1.165) is 5.52 Å². The van der Waals surface area contributed by atoms with Gasteiger partial charge in [0.05, 0.1) is 17.9 Å². The number of carbonyl (C=O) groups is 1. The van der Waals surface area contributed by atoms with Crippen LogP contribution in [0.25, 0.3) is 11.1 Å². The normalized spacial score (nSPS) is 12.9. The Labute approximate surface area is 92.7 Å². The minimum atomic E-state index is -0.549. The summed E-state index contributed by atoms with van der Waals surface area (Å²) in [5.41, 5.74) is 2.09. The molecule has 0 saturated heterocycles. The molecule has 0 bridgehead atoms. The maximum absolute atomic E-state index is 11.8. The van der Waals surface area contributed by atoms with E-state index in [1.54, 1.807) is 36.9 Å². The Morgan fingerprint density at radius 1 is 1.69 bits per heavy atom. The molecule has 0 radical (unpaired) electrons. The topological polar surface area (TPSA) is 67.4 Å². The maximum Gasteiger partial charge on any atom is 0.268 e. The van der Waals surface area contributed by atoms with Crippen molar-refractivity contribution < 1.29 is 14.3 Å². The van der Waals surface area contributed by atoms with E-state index >= 15 is 0 Å². The molecule has 0 aromatic carbocycles. The Hall–Kier alpha value is -1.75. The molecule has 2 rings (SSSR count). The summed E-state index contributed by atoms with van der Waals surface area (Å²) in [6.45, 7) is 1.86. The molecule has 1 amide bonds. The summed E-state index contributed by atoms with van der Waals surface area (Å²) in [5, 5.41) is 11.7. The van der Waals surface area contributed by atoms with Gasteiger partial charge in [0.15, 0.2) is 5.58 Å². The van der Waals surface area contributed by atoms with Crippen LogP contribution in [0.3, 0.4) is 0 Å². The Bertz CT molecular complexity index is 510. The fourth-order valence-corrected chi connectivity index (χ4v) is 1.60. The summed E-state index contributed by atoms with van der Waals surface area (Å²) in [6.07, 6.45) is 1.04. The predicted octanol–water partition coefficient (Wildman–Crippen LogP) is 0.882. The molecular weight excluding hydrogens is 208 g/mol. The van der Waals surface area contributed by atoms with Crippen LogP contribution in [-0.2, 0) is 7.05 Å². The first-order chi connectivity index (χ1) is 7.59. The van der Waals surface area contributed by atoms with E-state index in [4.69, 9.17) is 9.52 Å². The average molecular weight is 222 g/mol. The second kappa shape index (κ2) is 4.02. The van der Waals surface area contributed by atoms with Crippen molar-refractivity contribution in [3.05, 3.63) is 24.1 Å². The number of aliphatic hydroxyl groups is 1. The Morgan fingerprint density at radius 2 is 2.44 bits per heavy atom. The Morgan fingerprint density at radius 3 is 3.06 bits per heavy atom. The number of aryl methyl sites for hydroxylation is 1. The van der Waals surface area contributed by atoms with Gasteiger partial charge < -0.3 is 19.4 Å². The summed E-state index contributed by atoms with van der Waals surface area (Å²) < 4.78 is 6.97. The zero-order valence-corrected chi connectivity index (χ0v) is 9.23. The van der Waals surface area contributed by atoms with Crippen molar-refractivity contribution in [2.75, 3.05) is 6.54 Å². The number of rotatable bonds is 3. The van der Waals surface area contributed by atoms with Crippen molar-refractivity contribution in [3.63, 3.8) is 0 Å². The number of carbonyl (C=O) groups excluding carboxylic acids is 1. The molecule has 2 aromatic heterocycles. The van der Waals surface area contributed by atoms with Crippen molar-refractivity contribution in [1.29, 1.82) is 0 Å². The summed E-state index contributed by atoms with van der Waals surface area (Å²) >= 11 is 0. The van der Waals surface area contributed by atoms with Crippen LogP contribution in [0.2, 0.25) is 0 Å². The lowest BCUT2D eigenvalue weighted by molar-refractivity contribution is 0.0916. The molecule has 5 heteroatoms. The van der Waals surface area contributed by atoms with Gasteiger partial charge >= 0.3 is 0 Å². The number of aromatic nitrogens is 1. The van der Waals surface area contributed by atoms with Gasteiger partial charge in [-0.1, -0.05) is 0 Å². The number of fused-ring (bicyclic) bond motifs is 1. The van der Waals surface area contributed by atoms with Crippen molar-refractivity contribution >= 4 is 17.0 Å². The van der Waals surface area contributed by atoms with Gasteiger partial charge in [0.1, 0.15) is 5.69 Å². The summed E-state index contributed by atoms with van der Waals surface area (Å²) in [7, 11) is 1.80. The SMILES string of the molecule is CC(O)CNC(=O)c1cc2occc2n1C. The number of nitrogens with zero attached hydrogens (tertiary/aromatic N) is 1. The molecule has 2 N–H and O–H groups in total. The minimum absolute atomic E-state index is 0.213. The summed E-state index contributed by atoms with van der Waals surface area (Å²) in [5.74, 6) is -0.213. The first-order valence-electron chi connectivity index (χ1n) is 5.09. The van der Waals surface area contributed by atoms with Gasteiger partial charge in [-0.3, -0.25) is 4.79 Å². The molecule has 1 atom stereocenters. The van der Waals surface area contributed by atoms with Crippen molar-refractivity contribution in [2.24, 2.45) is 7.05 Å². The number of aliphatic hydroxyl groups excluding tert-OH is 1. The quantitative estimate of drug-likeness (QED) is 0.810. The summed E-state index contributed by atoms with van der Waals surface area (Å²) in [4.78, 5) is 11.8. The Kier molecular flexibility index (Phi) is 2.70. The molecule has 0 spiro atoms. The molecule has 5 nitrogen and oxygen atoms in total. The van der Waals surface area contributed by atoms with Crippen LogP contribution in [0.5, 0.6) is 0 Å². The molecule has 0 fully saturated rings. The average Bonchev–Trinajstić information content (AvgIpc) is 2.78. The highest BCUT2D eigenvalue weighted by atomic mass is 16.3. The molecule has 1 unspecified atom stereocenters. The van der Waals surface area contributed by atoms with Crippen LogP contribution in [-0.4, -0.2) is 28.2 Å². The Balaban J connectivity index is 2.22. The predicted molar refractivity (Wildman–Crippen MR) is 59.2 cm³/mol. The third kappa shape index (κ3) is 1.81. The molecule has 0 saturated carbocycles. The van der Waals surface area contributed by atoms with Gasteiger partial charge in [0.25, 0.3) is 5.91 Å². The fraction of sp³-hybridized carbons (Fsp3) is 0.364. The minimum Gasteiger partial charge on any atom is -0.463 e. The number of amides is 1. The standard InChI is InChI=1S/C11H14N2O3/c1-7(14)6-12-11(15)9-5-10-8(13(9)2)3-4-16-10/h3-5,7,14H,6H2,1-2H3,(H,12,15). The van der Waals surface area contributed by atoms with Crippen molar-refractivity contribution in [2.45, 2.75) is 13.0 Å². The highest BCUT2D eigenvalue weighted by Crippen LogP contribution is 2.19. The molecule has 2 aromatic rings. The lowest BCUT2D eigenvalue weighted by atomic mass is 10.3. The van der Waals surface area contributed by atoms with Crippen molar-refractivity contribution in [1.82, 2.24) is 9.88 Å². The molecule has 2 heterocycles. The highest BCUT2D eigenvalue weighted by molar-refractivity contribution is 5.97. The van der Waals surface area contributed by atoms with Crippen molar-refractivity contribution in [3.8, 4) is 0 Å². The van der Waals surface area contributed by atoms with E-state index in [-0.39, 0.29) is 12.5 Å². The van der Waals surface area contributed by atoms with Crippen LogP contribution >= 0.6 is 0 Å². The molecule has 86 valence electrons. The smallest absolute Gasteiger partial charge is 0.268 e. The van der Waals surface area contributed by atoms with Crippen LogP contribution in [0.1, 0.15) is 17.4 Å². The molecular formula is C11H14N2O3. The van der Waals surface area contributed by atoms with E-state index in [2.05, 4.69) is 5.32 Å². The van der Waals surface area contributed by atoms with E-state index in [0.29, 0.717) is 11.3 Å². The van der Waals surface area contributed by atoms with Gasteiger partial charge in [0, 0.05) is 25.7 Å². The second-order valence-corrected chi connectivity index (χ2v) is 3.82. The van der Waals surface area contributed by atoms with Crippen LogP contribution in [0, 0.1) is 0 Å². The van der Waals surface area contributed by atoms with Gasteiger partial charge in [-0.15, -0.1) is 0 Å². The molecule has 16 heavy (non-hydrogen) atoms. The molecule has 0 aliphatic heterocycles. The van der Waals surface area contributed by atoms with Gasteiger partial charge in [-0.25, -0.2) is 0 Å². The number of furan rings is 1. The lowest BCUT2D eigenvalue weighted by Crippen LogP contribution is -2.31. The molecule has 0 aliphatic carbocycles. The van der Waals surface area contributed by atoms with Crippen LogP contribution in [0.4, 0.5) is 0 Å². The fourth-order valence-electron chi connectivity index (χ4n) is 1.60. The number of hydrogen-bond acceptors (Lipinski definition) is 3. The van der Waals surface area contributed by atoms with E-state index in [1.165, 1.54) is 0 Å². The van der Waals surface area contributed by atoms with Gasteiger partial charge in [-0.2, -0.15) is 0 Å². The van der Waals surface area contributed by atoms with Gasteiger partial charge in [-0.05, 0) is 6.92 Å². The van der Waals surface area contributed by atoms with E-state index in [9.17, 15) is 4.79 Å². The number of hydrogen-bond donors (Lipinski definition) is 2. The summed E-state index contributed by atoms with van der Waals surface area (Å²) in [6, 6.07) is 3.49. The van der Waals surface area contributed by atoms with Gasteiger partial charge in [0.2, 0.25) is 0 Å².